The Morgan fingerprint density at radius 2 is 1.79 bits per heavy atom. The number of likely N-dealkylation sites (N-methyl/N-ethyl adjacent to an activating group) is 1. The Kier molecular flexibility index (Phi) is 8.14. The molecule has 2 aromatic carbocycles. The molecule has 6 nitrogen and oxygen atoms in total. The smallest absolute Gasteiger partial charge is 0.234 e. The van der Waals surface area contributed by atoms with Gasteiger partial charge in [-0.15, -0.1) is 0 Å². The molecule has 0 saturated heterocycles. The first-order valence-corrected chi connectivity index (χ1v) is 9.38. The summed E-state index contributed by atoms with van der Waals surface area (Å²) in [5.41, 5.74) is 2.07. The van der Waals surface area contributed by atoms with Crippen molar-refractivity contribution < 1.29 is 19.0 Å². The molecule has 2 aromatic rings. The van der Waals surface area contributed by atoms with Gasteiger partial charge in [0.05, 0.1) is 27.9 Å². The van der Waals surface area contributed by atoms with E-state index in [1.165, 1.54) is 0 Å². The van der Waals surface area contributed by atoms with E-state index in [2.05, 4.69) is 30.1 Å². The second-order valence-electron chi connectivity index (χ2n) is 6.48. The lowest BCUT2D eigenvalue weighted by molar-refractivity contribution is -0.122. The van der Waals surface area contributed by atoms with E-state index in [1.807, 2.05) is 36.4 Å². The third-order valence-corrected chi connectivity index (χ3v) is 4.81. The van der Waals surface area contributed by atoms with Crippen molar-refractivity contribution in [3.63, 3.8) is 0 Å². The minimum absolute atomic E-state index is 0.0219. The first kappa shape index (κ1) is 21.6. The monoisotopic (exact) mass is 386 g/mol. The number of ether oxygens (including phenoxy) is 3. The summed E-state index contributed by atoms with van der Waals surface area (Å²) in [6.07, 6.45) is 0. The Morgan fingerprint density at radius 1 is 1.04 bits per heavy atom. The SMILES string of the molecule is CCN(CC(=O)NCc1ccc(OC)c(OC)c1)C(C)c1cccc(OC)c1. The molecule has 1 amide bonds. The van der Waals surface area contributed by atoms with Gasteiger partial charge in [-0.1, -0.05) is 25.1 Å². The molecule has 0 spiro atoms. The predicted octanol–water partition coefficient (Wildman–Crippen LogP) is 3.41. The zero-order chi connectivity index (χ0) is 20.5. The van der Waals surface area contributed by atoms with Crippen LogP contribution in [0.25, 0.3) is 0 Å². The van der Waals surface area contributed by atoms with Gasteiger partial charge >= 0.3 is 0 Å². The van der Waals surface area contributed by atoms with E-state index in [1.54, 1.807) is 21.3 Å². The van der Waals surface area contributed by atoms with E-state index in [-0.39, 0.29) is 11.9 Å². The summed E-state index contributed by atoms with van der Waals surface area (Å²) >= 11 is 0. The van der Waals surface area contributed by atoms with Crippen molar-refractivity contribution in [2.45, 2.75) is 26.4 Å². The van der Waals surface area contributed by atoms with E-state index in [4.69, 9.17) is 14.2 Å². The van der Waals surface area contributed by atoms with Crippen LogP contribution in [0.1, 0.15) is 31.0 Å². The molecule has 1 unspecified atom stereocenters. The molecule has 0 aliphatic carbocycles. The highest BCUT2D eigenvalue weighted by atomic mass is 16.5. The fourth-order valence-electron chi connectivity index (χ4n) is 3.07. The van der Waals surface area contributed by atoms with Crippen LogP contribution >= 0.6 is 0 Å². The number of methoxy groups -OCH3 is 3. The quantitative estimate of drug-likeness (QED) is 0.678. The maximum Gasteiger partial charge on any atom is 0.234 e. The predicted molar refractivity (Wildman–Crippen MR) is 110 cm³/mol. The van der Waals surface area contributed by atoms with Crippen molar-refractivity contribution in [3.8, 4) is 17.2 Å². The summed E-state index contributed by atoms with van der Waals surface area (Å²) in [7, 11) is 4.85. The molecule has 6 heteroatoms. The van der Waals surface area contributed by atoms with Crippen LogP contribution in [-0.2, 0) is 11.3 Å². The number of hydrogen-bond acceptors (Lipinski definition) is 5. The Bertz CT molecular complexity index is 779. The number of carbonyl (C=O) groups is 1. The van der Waals surface area contributed by atoms with Crippen LogP contribution in [-0.4, -0.2) is 45.2 Å². The molecule has 152 valence electrons. The van der Waals surface area contributed by atoms with Crippen LogP contribution in [0.5, 0.6) is 17.2 Å². The first-order chi connectivity index (χ1) is 13.5. The number of benzene rings is 2. The van der Waals surface area contributed by atoms with Gasteiger partial charge in [0.25, 0.3) is 0 Å². The molecule has 0 radical (unpaired) electrons. The molecule has 2 rings (SSSR count). The molecule has 1 N–H and O–H groups in total. The third-order valence-electron chi connectivity index (χ3n) is 4.81. The fraction of sp³-hybridized carbons (Fsp3) is 0.409. The molecule has 0 saturated carbocycles. The molecule has 0 aliphatic rings. The van der Waals surface area contributed by atoms with Gasteiger partial charge in [-0.25, -0.2) is 0 Å². The standard InChI is InChI=1S/C22H30N2O4/c1-6-24(16(2)18-8-7-9-19(13-18)26-3)15-22(25)23-14-17-10-11-20(27-4)21(12-17)28-5/h7-13,16H,6,14-15H2,1-5H3,(H,23,25). The Balaban J connectivity index is 1.96. The number of rotatable bonds is 10. The van der Waals surface area contributed by atoms with Crippen molar-refractivity contribution in [2.24, 2.45) is 0 Å². The van der Waals surface area contributed by atoms with Crippen LogP contribution in [0, 0.1) is 0 Å². The lowest BCUT2D eigenvalue weighted by atomic mass is 10.1. The van der Waals surface area contributed by atoms with Crippen LogP contribution in [0.3, 0.4) is 0 Å². The number of nitrogens with one attached hydrogen (secondary N) is 1. The second kappa shape index (κ2) is 10.6. The van der Waals surface area contributed by atoms with Crippen LogP contribution in [0.2, 0.25) is 0 Å². The minimum Gasteiger partial charge on any atom is -0.497 e. The molecule has 0 fully saturated rings. The van der Waals surface area contributed by atoms with Crippen molar-refractivity contribution in [1.29, 1.82) is 0 Å². The van der Waals surface area contributed by atoms with E-state index in [0.29, 0.717) is 24.6 Å². The van der Waals surface area contributed by atoms with Crippen LogP contribution in [0.15, 0.2) is 42.5 Å². The minimum atomic E-state index is -0.0219. The maximum atomic E-state index is 12.5. The molecular weight excluding hydrogens is 356 g/mol. The molecule has 1 atom stereocenters. The van der Waals surface area contributed by atoms with E-state index < -0.39 is 0 Å². The summed E-state index contributed by atoms with van der Waals surface area (Å²) < 4.78 is 15.9. The summed E-state index contributed by atoms with van der Waals surface area (Å²) in [6.45, 7) is 5.67. The van der Waals surface area contributed by atoms with Gasteiger partial charge in [0.2, 0.25) is 5.91 Å². The first-order valence-electron chi connectivity index (χ1n) is 9.38. The van der Waals surface area contributed by atoms with Gasteiger partial charge in [-0.3, -0.25) is 9.69 Å². The normalized spacial score (nSPS) is 11.8. The summed E-state index contributed by atoms with van der Waals surface area (Å²) in [6, 6.07) is 13.7. The summed E-state index contributed by atoms with van der Waals surface area (Å²) in [4.78, 5) is 14.6. The van der Waals surface area contributed by atoms with E-state index in [9.17, 15) is 4.79 Å². The number of carbonyl (C=O) groups excluding carboxylic acids is 1. The third kappa shape index (κ3) is 5.63. The Morgan fingerprint density at radius 3 is 2.43 bits per heavy atom. The molecule has 0 bridgehead atoms. The molecular formula is C22H30N2O4. The number of hydrogen-bond donors (Lipinski definition) is 1. The fourth-order valence-corrected chi connectivity index (χ4v) is 3.07. The average Bonchev–Trinajstić information content (AvgIpc) is 2.75. The van der Waals surface area contributed by atoms with Crippen molar-refractivity contribution in [1.82, 2.24) is 10.2 Å². The van der Waals surface area contributed by atoms with Crippen molar-refractivity contribution in [2.75, 3.05) is 34.4 Å². The summed E-state index contributed by atoms with van der Waals surface area (Å²) in [5.74, 6) is 2.11. The average molecular weight is 386 g/mol. The van der Waals surface area contributed by atoms with Crippen molar-refractivity contribution >= 4 is 5.91 Å². The second-order valence-corrected chi connectivity index (χ2v) is 6.48. The molecule has 0 aromatic heterocycles. The highest BCUT2D eigenvalue weighted by Crippen LogP contribution is 2.27. The topological polar surface area (TPSA) is 60.0 Å². The maximum absolute atomic E-state index is 12.5. The van der Waals surface area contributed by atoms with Crippen LogP contribution in [0.4, 0.5) is 0 Å². The van der Waals surface area contributed by atoms with Crippen molar-refractivity contribution in [3.05, 3.63) is 53.6 Å². The zero-order valence-corrected chi connectivity index (χ0v) is 17.3. The lowest BCUT2D eigenvalue weighted by Gasteiger charge is -2.27. The molecule has 0 aliphatic heterocycles. The zero-order valence-electron chi connectivity index (χ0n) is 17.3. The number of nitrogens with zero attached hydrogens (tertiary/aromatic N) is 1. The molecule has 0 heterocycles. The van der Waals surface area contributed by atoms with Crippen LogP contribution < -0.4 is 19.5 Å². The Hall–Kier alpha value is -2.73. The van der Waals surface area contributed by atoms with E-state index in [0.717, 1.165) is 23.4 Å². The molecule has 28 heavy (non-hydrogen) atoms. The largest absolute Gasteiger partial charge is 0.497 e. The van der Waals surface area contributed by atoms with Gasteiger partial charge in [0.1, 0.15) is 5.75 Å². The van der Waals surface area contributed by atoms with Gasteiger partial charge in [0.15, 0.2) is 11.5 Å². The van der Waals surface area contributed by atoms with Gasteiger partial charge in [-0.05, 0) is 48.9 Å². The Labute approximate surface area is 167 Å². The van der Waals surface area contributed by atoms with E-state index >= 15 is 0 Å². The van der Waals surface area contributed by atoms with Gasteiger partial charge in [0, 0.05) is 12.6 Å². The lowest BCUT2D eigenvalue weighted by Crippen LogP contribution is -2.38. The highest BCUT2D eigenvalue weighted by Gasteiger charge is 2.18. The summed E-state index contributed by atoms with van der Waals surface area (Å²) in [5, 5.41) is 2.98. The van der Waals surface area contributed by atoms with Gasteiger partial charge in [-0.2, -0.15) is 0 Å². The number of amides is 1. The highest BCUT2D eigenvalue weighted by molar-refractivity contribution is 5.78. The van der Waals surface area contributed by atoms with Gasteiger partial charge < -0.3 is 19.5 Å².